The van der Waals surface area contributed by atoms with Gasteiger partial charge in [-0.25, -0.2) is 8.42 Å². The third-order valence-electron chi connectivity index (χ3n) is 5.04. The molecule has 2 fully saturated rings. The van der Waals surface area contributed by atoms with Gasteiger partial charge in [0.25, 0.3) is 0 Å². The quantitative estimate of drug-likeness (QED) is 0.833. The van der Waals surface area contributed by atoms with Crippen LogP contribution < -0.4 is 0 Å². The fraction of sp³-hybridized carbons (Fsp3) is 0.500. The van der Waals surface area contributed by atoms with Gasteiger partial charge >= 0.3 is 0 Å². The Hall–Kier alpha value is -1.44. The second kappa shape index (κ2) is 5.54. The Morgan fingerprint density at radius 2 is 2.21 bits per heavy atom. The second-order valence-electron chi connectivity index (χ2n) is 6.73. The highest BCUT2D eigenvalue weighted by molar-refractivity contribution is 7.89. The Bertz CT molecular complexity index is 882. The predicted octanol–water partition coefficient (Wildman–Crippen LogP) is 2.94. The third-order valence-corrected chi connectivity index (χ3v) is 7.73. The summed E-state index contributed by atoms with van der Waals surface area (Å²) in [5.41, 5.74) is 0.564. The molecule has 128 valence electrons. The molecule has 0 N–H and O–H groups in total. The van der Waals surface area contributed by atoms with Crippen LogP contribution in [-0.2, 0) is 16.4 Å². The van der Waals surface area contributed by atoms with Crippen LogP contribution in [0.1, 0.15) is 48.7 Å². The Kier molecular flexibility index (Phi) is 3.71. The van der Waals surface area contributed by atoms with Crippen LogP contribution in [0.3, 0.4) is 0 Å². The number of fused-ring (bicyclic) bond motifs is 1. The molecule has 0 aliphatic carbocycles. The number of halogens is 1. The molecule has 0 radical (unpaired) electrons. The Balaban J connectivity index is 1.61. The molecule has 0 saturated carbocycles. The maximum absolute atomic E-state index is 12.8. The number of sulfonamides is 1. The third kappa shape index (κ3) is 2.46. The standard InChI is InChI=1S/C16H18ClN3O3S/c1-16-7-4-8-20(16)24(21,22)13(10-16)15-18-14(19-23-15)9-11-5-2-3-6-12(11)17/h2-3,5-6,13H,4,7-10H2,1H3. The summed E-state index contributed by atoms with van der Waals surface area (Å²) in [7, 11) is -3.43. The predicted molar refractivity (Wildman–Crippen MR) is 89.2 cm³/mol. The van der Waals surface area contributed by atoms with Crippen LogP contribution in [0.2, 0.25) is 5.02 Å². The van der Waals surface area contributed by atoms with Crippen molar-refractivity contribution in [2.45, 2.75) is 43.4 Å². The second-order valence-corrected chi connectivity index (χ2v) is 9.17. The molecular weight excluding hydrogens is 350 g/mol. The van der Waals surface area contributed by atoms with Crippen LogP contribution in [0.25, 0.3) is 0 Å². The molecule has 2 saturated heterocycles. The lowest BCUT2D eigenvalue weighted by atomic mass is 9.94. The Morgan fingerprint density at radius 1 is 1.42 bits per heavy atom. The van der Waals surface area contributed by atoms with Crippen molar-refractivity contribution in [3.8, 4) is 0 Å². The van der Waals surface area contributed by atoms with Crippen molar-refractivity contribution in [1.29, 1.82) is 0 Å². The highest BCUT2D eigenvalue weighted by Crippen LogP contribution is 2.49. The van der Waals surface area contributed by atoms with Gasteiger partial charge < -0.3 is 4.52 Å². The summed E-state index contributed by atoms with van der Waals surface area (Å²) in [6.45, 7) is 2.58. The lowest BCUT2D eigenvalue weighted by molar-refractivity contribution is 0.277. The zero-order valence-electron chi connectivity index (χ0n) is 13.3. The molecule has 2 aliphatic rings. The van der Waals surface area contributed by atoms with E-state index in [1.807, 2.05) is 25.1 Å². The topological polar surface area (TPSA) is 76.3 Å². The number of hydrogen-bond donors (Lipinski definition) is 0. The van der Waals surface area contributed by atoms with E-state index in [9.17, 15) is 8.42 Å². The lowest BCUT2D eigenvalue weighted by Gasteiger charge is -2.24. The molecule has 2 atom stereocenters. The molecule has 0 amide bonds. The van der Waals surface area contributed by atoms with Crippen molar-refractivity contribution in [3.05, 3.63) is 46.6 Å². The summed E-state index contributed by atoms with van der Waals surface area (Å²) < 4.78 is 32.5. The van der Waals surface area contributed by atoms with E-state index in [2.05, 4.69) is 10.1 Å². The average molecular weight is 368 g/mol. The highest BCUT2D eigenvalue weighted by Gasteiger charge is 2.57. The molecule has 24 heavy (non-hydrogen) atoms. The van der Waals surface area contributed by atoms with E-state index < -0.39 is 15.3 Å². The van der Waals surface area contributed by atoms with E-state index >= 15 is 0 Å². The normalized spacial score (nSPS) is 29.0. The summed E-state index contributed by atoms with van der Waals surface area (Å²) >= 11 is 6.15. The zero-order valence-corrected chi connectivity index (χ0v) is 14.8. The molecular formula is C16H18ClN3O3S. The van der Waals surface area contributed by atoms with Crippen LogP contribution in [0.15, 0.2) is 28.8 Å². The molecule has 4 rings (SSSR count). The first-order chi connectivity index (χ1) is 11.4. The van der Waals surface area contributed by atoms with Crippen LogP contribution >= 0.6 is 11.6 Å². The van der Waals surface area contributed by atoms with Crippen molar-refractivity contribution in [3.63, 3.8) is 0 Å². The number of benzene rings is 1. The van der Waals surface area contributed by atoms with Gasteiger partial charge in [0.15, 0.2) is 11.1 Å². The monoisotopic (exact) mass is 367 g/mol. The Labute approximate surface area is 145 Å². The van der Waals surface area contributed by atoms with E-state index in [0.717, 1.165) is 18.4 Å². The maximum atomic E-state index is 12.8. The first-order valence-corrected chi connectivity index (χ1v) is 9.86. The zero-order chi connectivity index (χ0) is 16.9. The van der Waals surface area contributed by atoms with Gasteiger partial charge in [0.2, 0.25) is 15.9 Å². The summed E-state index contributed by atoms with van der Waals surface area (Å²) in [6.07, 6.45) is 2.70. The first kappa shape index (κ1) is 16.1. The molecule has 8 heteroatoms. The molecule has 3 heterocycles. The molecule has 1 aromatic carbocycles. The summed E-state index contributed by atoms with van der Waals surface area (Å²) in [6, 6.07) is 7.43. The van der Waals surface area contributed by atoms with Gasteiger partial charge in [0.05, 0.1) is 0 Å². The molecule has 6 nitrogen and oxygen atoms in total. The van der Waals surface area contributed by atoms with Crippen molar-refractivity contribution in [2.24, 2.45) is 0 Å². The minimum absolute atomic E-state index is 0.188. The summed E-state index contributed by atoms with van der Waals surface area (Å²) in [4.78, 5) is 4.34. The van der Waals surface area contributed by atoms with Crippen molar-refractivity contribution in [2.75, 3.05) is 6.54 Å². The lowest BCUT2D eigenvalue weighted by Crippen LogP contribution is -2.37. The number of nitrogens with zero attached hydrogens (tertiary/aromatic N) is 3. The van der Waals surface area contributed by atoms with Crippen molar-refractivity contribution in [1.82, 2.24) is 14.4 Å². The van der Waals surface area contributed by atoms with Gasteiger partial charge in [-0.05, 0) is 37.8 Å². The Morgan fingerprint density at radius 3 is 2.96 bits per heavy atom. The largest absolute Gasteiger partial charge is 0.338 e. The van der Waals surface area contributed by atoms with E-state index in [1.54, 1.807) is 10.4 Å². The van der Waals surface area contributed by atoms with E-state index in [-0.39, 0.29) is 11.4 Å². The van der Waals surface area contributed by atoms with E-state index in [4.69, 9.17) is 16.1 Å². The average Bonchev–Trinajstić information content (AvgIpc) is 3.18. The summed E-state index contributed by atoms with van der Waals surface area (Å²) in [5.74, 6) is 0.637. The van der Waals surface area contributed by atoms with Gasteiger partial charge in [-0.1, -0.05) is 35.0 Å². The maximum Gasteiger partial charge on any atom is 0.246 e. The molecule has 2 unspecified atom stereocenters. The van der Waals surface area contributed by atoms with Gasteiger partial charge in [-0.3, -0.25) is 0 Å². The smallest absolute Gasteiger partial charge is 0.246 e. The van der Waals surface area contributed by atoms with Crippen LogP contribution in [0.4, 0.5) is 0 Å². The van der Waals surface area contributed by atoms with Crippen LogP contribution in [0, 0.1) is 0 Å². The molecule has 0 bridgehead atoms. The molecule has 2 aliphatic heterocycles. The van der Waals surface area contributed by atoms with Crippen LogP contribution in [-0.4, -0.2) is 34.9 Å². The number of hydrogen-bond acceptors (Lipinski definition) is 5. The van der Waals surface area contributed by atoms with Gasteiger partial charge in [0, 0.05) is 23.5 Å². The van der Waals surface area contributed by atoms with Crippen molar-refractivity contribution >= 4 is 21.6 Å². The van der Waals surface area contributed by atoms with Gasteiger partial charge in [-0.2, -0.15) is 9.29 Å². The van der Waals surface area contributed by atoms with Crippen molar-refractivity contribution < 1.29 is 12.9 Å². The van der Waals surface area contributed by atoms with Gasteiger partial charge in [0.1, 0.15) is 0 Å². The molecule has 2 aromatic rings. The number of rotatable bonds is 3. The van der Waals surface area contributed by atoms with E-state index in [1.165, 1.54) is 0 Å². The minimum Gasteiger partial charge on any atom is -0.338 e. The highest BCUT2D eigenvalue weighted by atomic mass is 35.5. The SMILES string of the molecule is CC12CCCN1S(=O)(=O)C(c1nc(Cc3ccccc3Cl)no1)C2. The molecule has 1 aromatic heterocycles. The summed E-state index contributed by atoms with van der Waals surface area (Å²) in [5, 5.41) is 3.84. The van der Waals surface area contributed by atoms with Gasteiger partial charge in [-0.15, -0.1) is 0 Å². The van der Waals surface area contributed by atoms with E-state index in [0.29, 0.717) is 30.2 Å². The molecule has 0 spiro atoms. The minimum atomic E-state index is -3.43. The fourth-order valence-corrected chi connectivity index (χ4v) is 6.39. The van der Waals surface area contributed by atoms with Crippen LogP contribution in [0.5, 0.6) is 0 Å². The first-order valence-electron chi connectivity index (χ1n) is 7.98. The fourth-order valence-electron chi connectivity index (χ4n) is 3.79. The number of aromatic nitrogens is 2.